The van der Waals surface area contributed by atoms with Crippen molar-refractivity contribution in [1.82, 2.24) is 40.0 Å². The highest BCUT2D eigenvalue weighted by Crippen LogP contribution is 2.34. The van der Waals surface area contributed by atoms with E-state index in [4.69, 9.17) is 9.72 Å². The fraction of sp³-hybridized carbons (Fsp3) is 0.273. The number of nitrogens with one attached hydrogen (secondary N) is 3. The van der Waals surface area contributed by atoms with Gasteiger partial charge in [0.15, 0.2) is 11.5 Å². The molecule has 0 spiro atoms. The van der Waals surface area contributed by atoms with Gasteiger partial charge in [0.2, 0.25) is 5.91 Å². The summed E-state index contributed by atoms with van der Waals surface area (Å²) in [5.74, 6) is 0.723. The Morgan fingerprint density at radius 3 is 2.80 bits per heavy atom. The molecular formula is C33H30FN9O2. The molecule has 45 heavy (non-hydrogen) atoms. The number of amides is 1. The summed E-state index contributed by atoms with van der Waals surface area (Å²) in [6, 6.07) is 10.3. The molecule has 1 amide bonds. The number of halogens is 1. The molecule has 2 fully saturated rings. The maximum atomic E-state index is 14.8. The van der Waals surface area contributed by atoms with E-state index in [1.165, 1.54) is 25.0 Å². The summed E-state index contributed by atoms with van der Waals surface area (Å²) in [5, 5.41) is 11.3. The van der Waals surface area contributed by atoms with E-state index in [9.17, 15) is 9.18 Å². The number of carbonyl (C=O) groups excluding carboxylic acids is 1. The number of imidazole rings is 1. The lowest BCUT2D eigenvalue weighted by molar-refractivity contribution is -0.117. The van der Waals surface area contributed by atoms with Gasteiger partial charge in [-0.05, 0) is 74.7 Å². The lowest BCUT2D eigenvalue weighted by Crippen LogP contribution is -2.25. The van der Waals surface area contributed by atoms with Crippen LogP contribution < -0.4 is 10.1 Å². The minimum atomic E-state index is -0.381. The van der Waals surface area contributed by atoms with Crippen LogP contribution in [-0.4, -0.2) is 72.2 Å². The number of rotatable bonds is 9. The molecule has 0 radical (unpaired) electrons. The first-order valence-electron chi connectivity index (χ1n) is 15.2. The number of hydrogen-bond acceptors (Lipinski definition) is 8. The molecule has 0 bridgehead atoms. The molecular weight excluding hydrogens is 573 g/mol. The number of fused-ring (bicyclic) bond motifs is 2. The van der Waals surface area contributed by atoms with E-state index < -0.39 is 0 Å². The zero-order valence-corrected chi connectivity index (χ0v) is 24.4. The van der Waals surface area contributed by atoms with Gasteiger partial charge in [0.25, 0.3) is 0 Å². The van der Waals surface area contributed by atoms with Gasteiger partial charge in [-0.2, -0.15) is 5.10 Å². The molecule has 1 aliphatic carbocycles. The Balaban J connectivity index is 1.10. The Hall–Kier alpha value is -5.23. The Bertz CT molecular complexity index is 2050. The topological polar surface area (TPSA) is 138 Å². The first-order chi connectivity index (χ1) is 22.1. The molecule has 12 heteroatoms. The van der Waals surface area contributed by atoms with Crippen LogP contribution in [0.15, 0.2) is 61.2 Å². The number of H-pyrrole nitrogens is 2. The summed E-state index contributed by atoms with van der Waals surface area (Å²) in [4.78, 5) is 36.2. The molecule has 226 valence electrons. The number of pyridine rings is 3. The van der Waals surface area contributed by atoms with E-state index in [1.807, 2.05) is 24.3 Å². The number of hydrogen-bond donors (Lipinski definition) is 3. The third kappa shape index (κ3) is 5.60. The quantitative estimate of drug-likeness (QED) is 0.195. The van der Waals surface area contributed by atoms with Gasteiger partial charge in [-0.25, -0.2) is 14.4 Å². The van der Waals surface area contributed by atoms with E-state index in [2.05, 4.69) is 40.3 Å². The summed E-state index contributed by atoms with van der Waals surface area (Å²) in [7, 11) is 0. The van der Waals surface area contributed by atoms with E-state index in [-0.39, 0.29) is 17.6 Å². The zero-order valence-electron chi connectivity index (χ0n) is 24.4. The Kier molecular flexibility index (Phi) is 6.90. The number of aromatic nitrogens is 7. The first kappa shape index (κ1) is 27.3. The number of nitrogens with zero attached hydrogens (tertiary/aromatic N) is 6. The van der Waals surface area contributed by atoms with E-state index in [0.717, 1.165) is 54.5 Å². The predicted molar refractivity (Wildman–Crippen MR) is 168 cm³/mol. The number of benzene rings is 1. The van der Waals surface area contributed by atoms with E-state index in [0.29, 0.717) is 52.0 Å². The average molecular weight is 604 g/mol. The fourth-order valence-corrected chi connectivity index (χ4v) is 5.85. The lowest BCUT2D eigenvalue weighted by atomic mass is 10.1. The number of carbonyl (C=O) groups is 1. The van der Waals surface area contributed by atoms with Crippen molar-refractivity contribution in [3.63, 3.8) is 0 Å². The maximum Gasteiger partial charge on any atom is 0.227 e. The summed E-state index contributed by atoms with van der Waals surface area (Å²) < 4.78 is 20.7. The van der Waals surface area contributed by atoms with E-state index >= 15 is 0 Å². The summed E-state index contributed by atoms with van der Waals surface area (Å²) in [6.45, 7) is 3.49. The largest absolute Gasteiger partial charge is 0.492 e. The standard InChI is InChI=1S/C33H30FN9O2/c34-22-11-20(13-24(14-22)45-10-9-43-7-1-2-8-43)25-5-6-36-31-29(25)39-32(40-31)30-26-15-27(37-18-28(26)41-42-30)21-12-23(17-35-16-21)38-33(44)19-3-4-19/h5-6,11-19H,1-4,7-10H2,(H,38,44)(H,41,42)(H,36,39,40). The van der Waals surface area contributed by atoms with Crippen molar-refractivity contribution in [2.45, 2.75) is 25.7 Å². The van der Waals surface area contributed by atoms with Gasteiger partial charge in [-0.1, -0.05) is 0 Å². The van der Waals surface area contributed by atoms with Crippen LogP contribution in [-0.2, 0) is 4.79 Å². The van der Waals surface area contributed by atoms with Crippen LogP contribution >= 0.6 is 0 Å². The SMILES string of the molecule is O=C(Nc1cncc(-c2cc3c(-c4nc5c(-c6cc(F)cc(OCCN7CCCC7)c6)ccnc5[nH]4)n[nH]c3cn2)c1)C1CC1. The molecule has 0 atom stereocenters. The molecule has 1 aromatic carbocycles. The van der Waals surface area contributed by atoms with Crippen LogP contribution in [0.4, 0.5) is 10.1 Å². The zero-order chi connectivity index (χ0) is 30.3. The number of likely N-dealkylation sites (tertiary alicyclic amines) is 1. The second-order valence-corrected chi connectivity index (χ2v) is 11.6. The highest BCUT2D eigenvalue weighted by atomic mass is 19.1. The van der Waals surface area contributed by atoms with Crippen LogP contribution in [0.3, 0.4) is 0 Å². The van der Waals surface area contributed by atoms with Crippen molar-refractivity contribution in [3.8, 4) is 39.7 Å². The van der Waals surface area contributed by atoms with Gasteiger partial charge < -0.3 is 15.0 Å². The van der Waals surface area contributed by atoms with Crippen LogP contribution in [0.1, 0.15) is 25.7 Å². The molecule has 5 aromatic heterocycles. The molecule has 2 aliphatic rings. The van der Waals surface area contributed by atoms with Crippen LogP contribution in [0.2, 0.25) is 0 Å². The van der Waals surface area contributed by atoms with E-state index in [1.54, 1.807) is 24.8 Å². The molecule has 0 unspecified atom stereocenters. The first-order valence-corrected chi connectivity index (χ1v) is 15.2. The van der Waals surface area contributed by atoms with Gasteiger partial charge in [0.1, 0.15) is 29.4 Å². The molecule has 6 aromatic rings. The van der Waals surface area contributed by atoms with Gasteiger partial charge in [0, 0.05) is 47.4 Å². The number of aromatic amines is 2. The van der Waals surface area contributed by atoms with Crippen molar-refractivity contribution in [2.24, 2.45) is 5.92 Å². The van der Waals surface area contributed by atoms with Gasteiger partial charge >= 0.3 is 0 Å². The van der Waals surface area contributed by atoms with Crippen molar-refractivity contribution >= 4 is 33.7 Å². The monoisotopic (exact) mass is 603 g/mol. The number of ether oxygens (including phenoxy) is 1. The van der Waals surface area contributed by atoms with Gasteiger partial charge in [-0.15, -0.1) is 0 Å². The van der Waals surface area contributed by atoms with Crippen molar-refractivity contribution in [1.29, 1.82) is 0 Å². The molecule has 3 N–H and O–H groups in total. The van der Waals surface area contributed by atoms with Crippen LogP contribution in [0.5, 0.6) is 5.75 Å². The Morgan fingerprint density at radius 2 is 1.93 bits per heavy atom. The van der Waals surface area contributed by atoms with Crippen molar-refractivity contribution < 1.29 is 13.9 Å². The highest BCUT2D eigenvalue weighted by Gasteiger charge is 2.29. The molecule has 8 rings (SSSR count). The molecule has 1 aliphatic heterocycles. The molecule has 11 nitrogen and oxygen atoms in total. The predicted octanol–water partition coefficient (Wildman–Crippen LogP) is 5.59. The Morgan fingerprint density at radius 1 is 1.04 bits per heavy atom. The average Bonchev–Trinajstić information content (AvgIpc) is 3.40. The van der Waals surface area contributed by atoms with Gasteiger partial charge in [0.05, 0.1) is 29.3 Å². The highest BCUT2D eigenvalue weighted by molar-refractivity contribution is 5.97. The minimum absolute atomic E-state index is 0.0202. The van der Waals surface area contributed by atoms with Crippen molar-refractivity contribution in [2.75, 3.05) is 31.6 Å². The fourth-order valence-electron chi connectivity index (χ4n) is 5.85. The van der Waals surface area contributed by atoms with Crippen LogP contribution in [0.25, 0.3) is 56.0 Å². The lowest BCUT2D eigenvalue weighted by Gasteiger charge is -2.15. The third-order valence-corrected chi connectivity index (χ3v) is 8.36. The van der Waals surface area contributed by atoms with Crippen molar-refractivity contribution in [3.05, 3.63) is 67.0 Å². The Labute approximate surface area is 257 Å². The minimum Gasteiger partial charge on any atom is -0.492 e. The second kappa shape index (κ2) is 11.4. The second-order valence-electron chi connectivity index (χ2n) is 11.6. The molecule has 6 heterocycles. The molecule has 1 saturated heterocycles. The van der Waals surface area contributed by atoms with Gasteiger partial charge in [-0.3, -0.25) is 24.8 Å². The smallest absolute Gasteiger partial charge is 0.227 e. The maximum absolute atomic E-state index is 14.8. The normalized spacial score (nSPS) is 15.2. The summed E-state index contributed by atoms with van der Waals surface area (Å²) in [5.41, 5.74) is 5.91. The molecule has 1 saturated carbocycles. The number of anilines is 1. The third-order valence-electron chi connectivity index (χ3n) is 8.36. The summed E-state index contributed by atoms with van der Waals surface area (Å²) >= 11 is 0. The summed E-state index contributed by atoms with van der Waals surface area (Å²) in [6.07, 6.45) is 11.0. The van der Waals surface area contributed by atoms with Crippen LogP contribution in [0, 0.1) is 11.7 Å².